The van der Waals surface area contributed by atoms with E-state index in [1.54, 1.807) is 6.92 Å². The fourth-order valence-electron chi connectivity index (χ4n) is 4.01. The second kappa shape index (κ2) is 12.3. The molecule has 2 rings (SSSR count). The van der Waals surface area contributed by atoms with Gasteiger partial charge in [-0.25, -0.2) is 4.79 Å². The summed E-state index contributed by atoms with van der Waals surface area (Å²) < 4.78 is 0. The lowest BCUT2D eigenvalue weighted by Gasteiger charge is -2.33. The Morgan fingerprint density at radius 1 is 1.03 bits per heavy atom. The standard InChI is InChI=1S/C23H34N2O5/c1-17(24-19(22(27)28)15-14-18-11-7-6-8-12-18)21(26)25-16-10-5-3-2-4-9-13-20(25)23(29)30/h6-8,11-12,17,19-20,24H,2-5,9-10,13-16H2,1H3,(H,27,28)(H,29,30)/t17?,19-,20-/m0/s1. The number of carboxylic acids is 2. The third-order valence-electron chi connectivity index (χ3n) is 5.76. The van der Waals surface area contributed by atoms with Crippen LogP contribution in [0.25, 0.3) is 0 Å². The molecule has 1 heterocycles. The van der Waals surface area contributed by atoms with Crippen LogP contribution in [0.1, 0.15) is 63.9 Å². The zero-order valence-electron chi connectivity index (χ0n) is 17.8. The molecule has 30 heavy (non-hydrogen) atoms. The lowest BCUT2D eigenvalue weighted by Crippen LogP contribution is -2.55. The molecular weight excluding hydrogens is 384 g/mol. The molecule has 1 aliphatic rings. The number of carboxylic acid groups (broad SMARTS) is 2. The Hall–Kier alpha value is -2.41. The van der Waals surface area contributed by atoms with Crippen molar-refractivity contribution in [1.29, 1.82) is 0 Å². The Bertz CT molecular complexity index is 694. The van der Waals surface area contributed by atoms with Crippen LogP contribution in [0.15, 0.2) is 30.3 Å². The highest BCUT2D eigenvalue weighted by molar-refractivity contribution is 5.87. The van der Waals surface area contributed by atoms with Crippen molar-refractivity contribution in [1.82, 2.24) is 10.2 Å². The van der Waals surface area contributed by atoms with E-state index in [4.69, 9.17) is 0 Å². The van der Waals surface area contributed by atoms with Crippen LogP contribution in [0.3, 0.4) is 0 Å². The van der Waals surface area contributed by atoms with Gasteiger partial charge in [-0.1, -0.05) is 62.4 Å². The molecule has 1 saturated heterocycles. The van der Waals surface area contributed by atoms with Crippen molar-refractivity contribution in [2.24, 2.45) is 0 Å². The summed E-state index contributed by atoms with van der Waals surface area (Å²) in [5, 5.41) is 22.2. The van der Waals surface area contributed by atoms with Crippen LogP contribution in [0.5, 0.6) is 0 Å². The van der Waals surface area contributed by atoms with E-state index >= 15 is 0 Å². The van der Waals surface area contributed by atoms with Crippen molar-refractivity contribution in [2.75, 3.05) is 6.54 Å². The van der Waals surface area contributed by atoms with Crippen LogP contribution in [0, 0.1) is 0 Å². The van der Waals surface area contributed by atoms with Crippen LogP contribution in [-0.2, 0) is 20.8 Å². The summed E-state index contributed by atoms with van der Waals surface area (Å²) in [7, 11) is 0. The molecule has 3 atom stereocenters. The Morgan fingerprint density at radius 2 is 1.67 bits per heavy atom. The molecule has 0 aliphatic carbocycles. The Labute approximate surface area is 178 Å². The monoisotopic (exact) mass is 418 g/mol. The van der Waals surface area contributed by atoms with E-state index in [0.717, 1.165) is 44.1 Å². The minimum atomic E-state index is -1.01. The van der Waals surface area contributed by atoms with Gasteiger partial charge < -0.3 is 15.1 Å². The zero-order valence-corrected chi connectivity index (χ0v) is 17.8. The topological polar surface area (TPSA) is 107 Å². The van der Waals surface area contributed by atoms with Gasteiger partial charge in [-0.15, -0.1) is 0 Å². The van der Waals surface area contributed by atoms with Crippen LogP contribution in [0.2, 0.25) is 0 Å². The molecule has 0 saturated carbocycles. The predicted octanol–water partition coefficient (Wildman–Crippen LogP) is 3.08. The second-order valence-electron chi connectivity index (χ2n) is 8.10. The average Bonchev–Trinajstić information content (AvgIpc) is 2.74. The van der Waals surface area contributed by atoms with E-state index in [2.05, 4.69) is 5.32 Å². The van der Waals surface area contributed by atoms with E-state index in [1.165, 1.54) is 4.90 Å². The number of aliphatic carboxylic acids is 2. The SMILES string of the molecule is CC(N[C@@H](CCc1ccccc1)C(=O)O)C(=O)N1CCCCCCCC[C@H]1C(=O)O. The number of nitrogens with one attached hydrogen (secondary N) is 1. The van der Waals surface area contributed by atoms with E-state index in [-0.39, 0.29) is 5.91 Å². The van der Waals surface area contributed by atoms with Gasteiger partial charge in [-0.3, -0.25) is 14.9 Å². The number of hydrogen-bond donors (Lipinski definition) is 3. The minimum absolute atomic E-state index is 0.339. The highest BCUT2D eigenvalue weighted by Gasteiger charge is 2.33. The first-order chi connectivity index (χ1) is 14.4. The first-order valence-corrected chi connectivity index (χ1v) is 11.0. The maximum Gasteiger partial charge on any atom is 0.326 e. The van der Waals surface area contributed by atoms with E-state index < -0.39 is 30.1 Å². The molecule has 7 nitrogen and oxygen atoms in total. The van der Waals surface area contributed by atoms with Crippen LogP contribution >= 0.6 is 0 Å². The van der Waals surface area contributed by atoms with Gasteiger partial charge in [0.15, 0.2) is 0 Å². The van der Waals surface area contributed by atoms with Gasteiger partial charge in [0.25, 0.3) is 0 Å². The molecule has 1 aromatic carbocycles. The third kappa shape index (κ3) is 7.44. The summed E-state index contributed by atoms with van der Waals surface area (Å²) in [5.41, 5.74) is 1.03. The molecular formula is C23H34N2O5. The largest absolute Gasteiger partial charge is 0.480 e. The van der Waals surface area contributed by atoms with Crippen molar-refractivity contribution in [3.05, 3.63) is 35.9 Å². The normalized spacial score (nSPS) is 20.2. The maximum absolute atomic E-state index is 13.1. The van der Waals surface area contributed by atoms with Gasteiger partial charge in [0.05, 0.1) is 6.04 Å². The van der Waals surface area contributed by atoms with Gasteiger partial charge in [-0.2, -0.15) is 0 Å². The molecule has 1 aromatic rings. The van der Waals surface area contributed by atoms with Crippen molar-refractivity contribution in [3.8, 4) is 0 Å². The number of rotatable bonds is 8. The smallest absolute Gasteiger partial charge is 0.326 e. The molecule has 0 spiro atoms. The molecule has 166 valence electrons. The van der Waals surface area contributed by atoms with Crippen molar-refractivity contribution in [2.45, 2.75) is 82.8 Å². The van der Waals surface area contributed by atoms with Gasteiger partial charge in [0, 0.05) is 6.54 Å². The molecule has 1 aliphatic heterocycles. The number of hydrogen-bond acceptors (Lipinski definition) is 4. The van der Waals surface area contributed by atoms with Gasteiger partial charge >= 0.3 is 11.9 Å². The molecule has 3 N–H and O–H groups in total. The van der Waals surface area contributed by atoms with E-state index in [9.17, 15) is 24.6 Å². The maximum atomic E-state index is 13.1. The third-order valence-corrected chi connectivity index (χ3v) is 5.76. The van der Waals surface area contributed by atoms with Gasteiger partial charge in [0.2, 0.25) is 5.91 Å². The highest BCUT2D eigenvalue weighted by atomic mass is 16.4. The lowest BCUT2D eigenvalue weighted by atomic mass is 10.0. The molecule has 0 aromatic heterocycles. The summed E-state index contributed by atoms with van der Waals surface area (Å²) in [5.74, 6) is -2.34. The zero-order chi connectivity index (χ0) is 21.9. The van der Waals surface area contributed by atoms with Crippen LogP contribution < -0.4 is 5.32 Å². The number of aryl methyl sites for hydroxylation is 1. The van der Waals surface area contributed by atoms with Gasteiger partial charge in [0.1, 0.15) is 12.1 Å². The fraction of sp³-hybridized carbons (Fsp3) is 0.609. The summed E-state index contributed by atoms with van der Waals surface area (Å²) in [6.07, 6.45) is 7.02. The number of carbonyl (C=O) groups is 3. The molecule has 1 fully saturated rings. The Morgan fingerprint density at radius 3 is 2.30 bits per heavy atom. The molecule has 0 bridgehead atoms. The average molecular weight is 419 g/mol. The fourth-order valence-corrected chi connectivity index (χ4v) is 4.01. The van der Waals surface area contributed by atoms with Gasteiger partial charge in [-0.05, 0) is 38.2 Å². The quantitative estimate of drug-likeness (QED) is 0.599. The first kappa shape index (κ1) is 23.9. The highest BCUT2D eigenvalue weighted by Crippen LogP contribution is 2.18. The Kier molecular flexibility index (Phi) is 9.80. The second-order valence-corrected chi connectivity index (χ2v) is 8.10. The minimum Gasteiger partial charge on any atom is -0.480 e. The molecule has 7 heteroatoms. The van der Waals surface area contributed by atoms with Crippen molar-refractivity contribution >= 4 is 17.8 Å². The Balaban J connectivity index is 2.04. The van der Waals surface area contributed by atoms with E-state index in [0.29, 0.717) is 25.8 Å². The van der Waals surface area contributed by atoms with E-state index in [1.807, 2.05) is 30.3 Å². The number of amides is 1. The summed E-state index contributed by atoms with van der Waals surface area (Å²) in [4.78, 5) is 38.1. The number of benzene rings is 1. The van der Waals surface area contributed by atoms with Crippen LogP contribution in [-0.4, -0.2) is 57.6 Å². The molecule has 1 amide bonds. The predicted molar refractivity (Wildman–Crippen MR) is 114 cm³/mol. The molecule has 1 unspecified atom stereocenters. The summed E-state index contributed by atoms with van der Waals surface area (Å²) in [6.45, 7) is 2.02. The lowest BCUT2D eigenvalue weighted by molar-refractivity contribution is -0.152. The summed E-state index contributed by atoms with van der Waals surface area (Å²) in [6, 6.07) is 7.09. The van der Waals surface area contributed by atoms with Crippen molar-refractivity contribution in [3.63, 3.8) is 0 Å². The number of carbonyl (C=O) groups excluding carboxylic acids is 1. The van der Waals surface area contributed by atoms with Crippen LogP contribution in [0.4, 0.5) is 0 Å². The first-order valence-electron chi connectivity index (χ1n) is 11.0. The summed E-state index contributed by atoms with van der Waals surface area (Å²) >= 11 is 0. The van der Waals surface area contributed by atoms with Crippen molar-refractivity contribution < 1.29 is 24.6 Å². The number of nitrogens with zero attached hydrogens (tertiary/aromatic N) is 1. The molecule has 0 radical (unpaired) electrons.